The van der Waals surface area contributed by atoms with E-state index in [0.717, 1.165) is 12.1 Å². The summed E-state index contributed by atoms with van der Waals surface area (Å²) in [5.74, 6) is 0. The fourth-order valence-corrected chi connectivity index (χ4v) is 2.70. The van der Waals surface area contributed by atoms with E-state index in [1.165, 1.54) is 16.1 Å². The van der Waals surface area contributed by atoms with E-state index in [9.17, 15) is 0 Å². The largest absolute Gasteiger partial charge is 0.313 e. The lowest BCUT2D eigenvalue weighted by Gasteiger charge is -2.16. The number of aryl methyl sites for hydroxylation is 2. The van der Waals surface area contributed by atoms with Crippen LogP contribution in [0, 0.1) is 13.8 Å². The SMILES string of the molecule is CNC(Cc1nc(C)cs1)c1cnccc1C. The van der Waals surface area contributed by atoms with E-state index in [2.05, 4.69) is 27.6 Å². The van der Waals surface area contributed by atoms with Gasteiger partial charge in [0, 0.05) is 35.9 Å². The normalized spacial score (nSPS) is 12.6. The second-order valence-corrected chi connectivity index (χ2v) is 5.10. The third-order valence-electron chi connectivity index (χ3n) is 2.85. The monoisotopic (exact) mass is 247 g/mol. The second-order valence-electron chi connectivity index (χ2n) is 4.16. The molecule has 0 radical (unpaired) electrons. The summed E-state index contributed by atoms with van der Waals surface area (Å²) in [5, 5.41) is 6.61. The first-order chi connectivity index (χ1) is 8.20. The first-order valence-corrected chi connectivity index (χ1v) is 6.57. The number of nitrogens with one attached hydrogen (secondary N) is 1. The topological polar surface area (TPSA) is 37.8 Å². The van der Waals surface area contributed by atoms with Crippen molar-refractivity contribution < 1.29 is 0 Å². The predicted octanol–water partition coefficient (Wildman–Crippen LogP) is 2.66. The van der Waals surface area contributed by atoms with Crippen molar-refractivity contribution in [3.63, 3.8) is 0 Å². The molecule has 0 amide bonds. The van der Waals surface area contributed by atoms with E-state index in [1.54, 1.807) is 11.3 Å². The van der Waals surface area contributed by atoms with Gasteiger partial charge in [-0.05, 0) is 38.1 Å². The first-order valence-electron chi connectivity index (χ1n) is 5.69. The molecular formula is C13H17N3S. The van der Waals surface area contributed by atoms with Crippen molar-refractivity contribution in [2.24, 2.45) is 0 Å². The smallest absolute Gasteiger partial charge is 0.0947 e. The number of pyridine rings is 1. The van der Waals surface area contributed by atoms with Gasteiger partial charge < -0.3 is 5.32 Å². The minimum absolute atomic E-state index is 0.286. The number of thiazole rings is 1. The summed E-state index contributed by atoms with van der Waals surface area (Å²) >= 11 is 1.72. The number of likely N-dealkylation sites (N-methyl/N-ethyl adjacent to an activating group) is 1. The Hall–Kier alpha value is -1.26. The molecule has 2 heterocycles. The fourth-order valence-electron chi connectivity index (χ4n) is 1.88. The van der Waals surface area contributed by atoms with Crippen LogP contribution in [0.1, 0.15) is 27.9 Å². The molecule has 0 aromatic carbocycles. The van der Waals surface area contributed by atoms with Crippen LogP contribution in [0.25, 0.3) is 0 Å². The van der Waals surface area contributed by atoms with E-state index < -0.39 is 0 Å². The molecule has 3 nitrogen and oxygen atoms in total. The number of rotatable bonds is 4. The van der Waals surface area contributed by atoms with Crippen LogP contribution >= 0.6 is 11.3 Å². The van der Waals surface area contributed by atoms with E-state index in [0.29, 0.717) is 0 Å². The molecule has 1 atom stereocenters. The average Bonchev–Trinajstić information content (AvgIpc) is 2.73. The summed E-state index contributed by atoms with van der Waals surface area (Å²) in [5.41, 5.74) is 3.62. The Labute approximate surface area is 106 Å². The van der Waals surface area contributed by atoms with Gasteiger partial charge in [0.25, 0.3) is 0 Å². The Morgan fingerprint density at radius 2 is 2.24 bits per heavy atom. The Bertz CT molecular complexity index is 493. The van der Waals surface area contributed by atoms with Crippen LogP contribution in [0.4, 0.5) is 0 Å². The van der Waals surface area contributed by atoms with E-state index in [4.69, 9.17) is 0 Å². The van der Waals surface area contributed by atoms with Crippen LogP contribution in [0.5, 0.6) is 0 Å². The van der Waals surface area contributed by atoms with Gasteiger partial charge in [0.15, 0.2) is 0 Å². The van der Waals surface area contributed by atoms with Crippen LogP contribution in [0.3, 0.4) is 0 Å². The third-order valence-corrected chi connectivity index (χ3v) is 3.84. The first kappa shape index (κ1) is 12.2. The van der Waals surface area contributed by atoms with Crippen molar-refractivity contribution in [1.29, 1.82) is 0 Å². The summed E-state index contributed by atoms with van der Waals surface area (Å²) in [6.07, 6.45) is 4.69. The van der Waals surface area contributed by atoms with Crippen molar-refractivity contribution in [1.82, 2.24) is 15.3 Å². The third kappa shape index (κ3) is 2.90. The molecule has 90 valence electrons. The molecule has 1 N–H and O–H groups in total. The highest BCUT2D eigenvalue weighted by Gasteiger charge is 2.14. The molecule has 0 saturated carbocycles. The highest BCUT2D eigenvalue weighted by Crippen LogP contribution is 2.22. The maximum atomic E-state index is 4.51. The highest BCUT2D eigenvalue weighted by atomic mass is 32.1. The molecule has 0 aliphatic rings. The molecule has 0 aliphatic heterocycles. The van der Waals surface area contributed by atoms with Crippen molar-refractivity contribution >= 4 is 11.3 Å². The number of aromatic nitrogens is 2. The van der Waals surface area contributed by atoms with Crippen LogP contribution in [0.15, 0.2) is 23.8 Å². The van der Waals surface area contributed by atoms with Gasteiger partial charge in [0.05, 0.1) is 5.01 Å². The molecule has 1 unspecified atom stereocenters. The van der Waals surface area contributed by atoms with E-state index in [1.807, 2.05) is 32.4 Å². The molecule has 2 aromatic rings. The van der Waals surface area contributed by atoms with Crippen LogP contribution in [0.2, 0.25) is 0 Å². The van der Waals surface area contributed by atoms with Crippen molar-refractivity contribution in [2.75, 3.05) is 7.05 Å². The lowest BCUT2D eigenvalue weighted by Crippen LogP contribution is -2.20. The molecule has 0 fully saturated rings. The quantitative estimate of drug-likeness (QED) is 0.902. The number of hydrogen-bond donors (Lipinski definition) is 1. The molecule has 2 aromatic heterocycles. The average molecular weight is 247 g/mol. The molecule has 0 saturated heterocycles. The van der Waals surface area contributed by atoms with Crippen molar-refractivity contribution in [2.45, 2.75) is 26.3 Å². The maximum absolute atomic E-state index is 4.51. The minimum atomic E-state index is 0.286. The fraction of sp³-hybridized carbons (Fsp3) is 0.385. The van der Waals surface area contributed by atoms with Gasteiger partial charge in [-0.3, -0.25) is 4.98 Å². The lowest BCUT2D eigenvalue weighted by molar-refractivity contribution is 0.584. The van der Waals surface area contributed by atoms with Gasteiger partial charge in [-0.25, -0.2) is 4.98 Å². The zero-order valence-electron chi connectivity index (χ0n) is 10.4. The highest BCUT2D eigenvalue weighted by molar-refractivity contribution is 7.09. The van der Waals surface area contributed by atoms with E-state index >= 15 is 0 Å². The zero-order valence-corrected chi connectivity index (χ0v) is 11.2. The van der Waals surface area contributed by atoms with Crippen LogP contribution < -0.4 is 5.32 Å². The Kier molecular flexibility index (Phi) is 3.86. The van der Waals surface area contributed by atoms with Crippen LogP contribution in [-0.2, 0) is 6.42 Å². The van der Waals surface area contributed by atoms with Crippen LogP contribution in [-0.4, -0.2) is 17.0 Å². The summed E-state index contributed by atoms with van der Waals surface area (Å²) < 4.78 is 0. The summed E-state index contributed by atoms with van der Waals surface area (Å²) in [6.45, 7) is 4.15. The Balaban J connectivity index is 2.20. The molecule has 2 rings (SSSR count). The van der Waals surface area contributed by atoms with Gasteiger partial charge >= 0.3 is 0 Å². The molecule has 4 heteroatoms. The van der Waals surface area contributed by atoms with E-state index in [-0.39, 0.29) is 6.04 Å². The minimum Gasteiger partial charge on any atom is -0.313 e. The summed E-state index contributed by atoms with van der Waals surface area (Å²) in [4.78, 5) is 8.72. The molecule has 0 aliphatic carbocycles. The standard InChI is InChI=1S/C13H17N3S/c1-9-4-5-15-7-11(9)12(14-3)6-13-16-10(2)8-17-13/h4-5,7-8,12,14H,6H2,1-3H3. The molecule has 0 bridgehead atoms. The zero-order chi connectivity index (χ0) is 12.3. The van der Waals surface area contributed by atoms with Crippen molar-refractivity contribution in [3.05, 3.63) is 45.7 Å². The lowest BCUT2D eigenvalue weighted by atomic mass is 10.0. The van der Waals surface area contributed by atoms with Crippen molar-refractivity contribution in [3.8, 4) is 0 Å². The molecule has 0 spiro atoms. The number of nitrogens with zero attached hydrogens (tertiary/aromatic N) is 2. The van der Waals surface area contributed by atoms with Gasteiger partial charge in [-0.2, -0.15) is 0 Å². The Morgan fingerprint density at radius 3 is 2.82 bits per heavy atom. The molecular weight excluding hydrogens is 230 g/mol. The summed E-state index contributed by atoms with van der Waals surface area (Å²) in [6, 6.07) is 2.33. The second kappa shape index (κ2) is 5.38. The van der Waals surface area contributed by atoms with Gasteiger partial charge in [0.2, 0.25) is 0 Å². The van der Waals surface area contributed by atoms with Gasteiger partial charge in [-0.15, -0.1) is 11.3 Å². The Morgan fingerprint density at radius 1 is 1.41 bits per heavy atom. The predicted molar refractivity (Wildman–Crippen MR) is 71.3 cm³/mol. The van der Waals surface area contributed by atoms with Gasteiger partial charge in [-0.1, -0.05) is 0 Å². The molecule has 17 heavy (non-hydrogen) atoms. The summed E-state index contributed by atoms with van der Waals surface area (Å²) in [7, 11) is 1.98. The maximum Gasteiger partial charge on any atom is 0.0947 e. The van der Waals surface area contributed by atoms with Gasteiger partial charge in [0.1, 0.15) is 0 Å². The number of hydrogen-bond acceptors (Lipinski definition) is 4.